The zero-order valence-electron chi connectivity index (χ0n) is 13.0. The molecule has 3 heteroatoms. The maximum atomic E-state index is 13.4. The molecule has 1 heterocycles. The van der Waals surface area contributed by atoms with Crippen molar-refractivity contribution in [2.45, 2.75) is 18.9 Å². The Bertz CT molecular complexity index is 565. The molecule has 1 aliphatic rings. The maximum absolute atomic E-state index is 13.4. The molecule has 0 saturated carbocycles. The first-order valence-corrected chi connectivity index (χ1v) is 8.00. The van der Waals surface area contributed by atoms with Gasteiger partial charge in [0.25, 0.3) is 0 Å². The van der Waals surface area contributed by atoms with Crippen LogP contribution in [0.5, 0.6) is 0 Å². The average molecular weight is 298 g/mol. The lowest BCUT2D eigenvalue weighted by Crippen LogP contribution is -2.45. The molecule has 2 unspecified atom stereocenters. The Morgan fingerprint density at radius 2 is 1.27 bits per heavy atom. The van der Waals surface area contributed by atoms with Gasteiger partial charge in [-0.3, -0.25) is 4.90 Å². The van der Waals surface area contributed by atoms with Crippen molar-refractivity contribution in [1.82, 2.24) is 10.0 Å². The normalized spacial score (nSPS) is 19.7. The third-order valence-electron chi connectivity index (χ3n) is 4.59. The summed E-state index contributed by atoms with van der Waals surface area (Å²) in [4.78, 5) is 2.42. The molecular weight excluding hydrogens is 275 g/mol. The molecule has 2 nitrogen and oxygen atoms in total. The van der Waals surface area contributed by atoms with Crippen molar-refractivity contribution in [1.29, 1.82) is 0 Å². The van der Waals surface area contributed by atoms with Gasteiger partial charge in [0, 0.05) is 38.1 Å². The Morgan fingerprint density at radius 3 is 1.82 bits per heavy atom. The first-order chi connectivity index (χ1) is 10.8. The number of halogens is 1. The van der Waals surface area contributed by atoms with Crippen molar-refractivity contribution in [3.8, 4) is 0 Å². The molecule has 1 fully saturated rings. The van der Waals surface area contributed by atoms with Crippen LogP contribution in [0.25, 0.3) is 0 Å². The standard InChI is InChI=1S/C19H23FN2/c1-16(17-8-4-2-5-9-17)19(18-10-6-3-7-11-18)21-12-14-22(20)15-13-21/h2-11,16,19H,12-15H2,1H3. The number of piperazine rings is 1. The van der Waals surface area contributed by atoms with E-state index >= 15 is 0 Å². The van der Waals surface area contributed by atoms with E-state index < -0.39 is 0 Å². The second-order valence-electron chi connectivity index (χ2n) is 6.00. The van der Waals surface area contributed by atoms with Gasteiger partial charge in [-0.1, -0.05) is 67.6 Å². The highest BCUT2D eigenvalue weighted by Gasteiger charge is 2.29. The molecule has 0 amide bonds. The SMILES string of the molecule is CC(c1ccccc1)C(c1ccccc1)N1CCN(F)CC1. The molecule has 0 spiro atoms. The highest BCUT2D eigenvalue weighted by Crippen LogP contribution is 2.36. The predicted octanol–water partition coefficient (Wildman–Crippen LogP) is 4.03. The van der Waals surface area contributed by atoms with Gasteiger partial charge >= 0.3 is 0 Å². The highest BCUT2D eigenvalue weighted by molar-refractivity contribution is 5.27. The second-order valence-corrected chi connectivity index (χ2v) is 6.00. The first-order valence-electron chi connectivity index (χ1n) is 8.00. The summed E-state index contributed by atoms with van der Waals surface area (Å²) in [6.45, 7) is 4.80. The number of nitrogens with zero attached hydrogens (tertiary/aromatic N) is 2. The molecule has 0 aliphatic carbocycles. The fourth-order valence-electron chi connectivity index (χ4n) is 3.38. The molecule has 3 rings (SSSR count). The molecule has 0 aromatic heterocycles. The molecule has 116 valence electrons. The minimum atomic E-state index is 0.289. The summed E-state index contributed by atoms with van der Waals surface area (Å²) >= 11 is 0. The second kappa shape index (κ2) is 7.03. The van der Waals surface area contributed by atoms with Gasteiger partial charge in [-0.15, -0.1) is 9.60 Å². The van der Waals surface area contributed by atoms with Crippen molar-refractivity contribution >= 4 is 0 Å². The van der Waals surface area contributed by atoms with E-state index in [2.05, 4.69) is 66.4 Å². The molecule has 2 aromatic carbocycles. The Hall–Kier alpha value is -1.71. The van der Waals surface area contributed by atoms with Gasteiger partial charge in [0.05, 0.1) is 0 Å². The average Bonchev–Trinajstić information content (AvgIpc) is 2.58. The molecule has 22 heavy (non-hydrogen) atoms. The van der Waals surface area contributed by atoms with E-state index in [1.54, 1.807) is 0 Å². The molecule has 2 atom stereocenters. The van der Waals surface area contributed by atoms with Gasteiger partial charge in [-0.25, -0.2) is 0 Å². The minimum Gasteiger partial charge on any atom is -0.293 e. The summed E-state index contributed by atoms with van der Waals surface area (Å²) in [5, 5.41) is 0.922. The monoisotopic (exact) mass is 298 g/mol. The summed E-state index contributed by atoms with van der Waals surface area (Å²) in [6, 6.07) is 21.5. The Labute approximate surface area is 132 Å². The van der Waals surface area contributed by atoms with E-state index in [1.165, 1.54) is 11.1 Å². The van der Waals surface area contributed by atoms with Crippen LogP contribution in [-0.2, 0) is 0 Å². The Morgan fingerprint density at radius 1 is 0.773 bits per heavy atom. The van der Waals surface area contributed by atoms with Crippen LogP contribution in [0.2, 0.25) is 0 Å². The van der Waals surface area contributed by atoms with Crippen molar-refractivity contribution in [3.05, 3.63) is 71.8 Å². The van der Waals surface area contributed by atoms with Crippen LogP contribution >= 0.6 is 0 Å². The van der Waals surface area contributed by atoms with Gasteiger partial charge in [0.1, 0.15) is 0 Å². The van der Waals surface area contributed by atoms with Gasteiger partial charge in [0.15, 0.2) is 0 Å². The molecule has 0 radical (unpaired) electrons. The third-order valence-corrected chi connectivity index (χ3v) is 4.59. The van der Waals surface area contributed by atoms with Crippen LogP contribution in [0, 0.1) is 0 Å². The highest BCUT2D eigenvalue weighted by atomic mass is 19.2. The number of rotatable bonds is 4. The van der Waals surface area contributed by atoms with Crippen LogP contribution in [0.15, 0.2) is 60.7 Å². The topological polar surface area (TPSA) is 6.48 Å². The van der Waals surface area contributed by atoms with E-state index in [1.807, 2.05) is 6.07 Å². The Kier molecular flexibility index (Phi) is 4.86. The summed E-state index contributed by atoms with van der Waals surface area (Å²) in [5.41, 5.74) is 2.64. The van der Waals surface area contributed by atoms with Crippen LogP contribution < -0.4 is 0 Å². The summed E-state index contributed by atoms with van der Waals surface area (Å²) < 4.78 is 13.4. The van der Waals surface area contributed by atoms with Crippen molar-refractivity contribution in [2.24, 2.45) is 0 Å². The maximum Gasteiger partial charge on any atom is 0.0418 e. The lowest BCUT2D eigenvalue weighted by molar-refractivity contribution is -0.0351. The predicted molar refractivity (Wildman–Crippen MR) is 88.3 cm³/mol. The van der Waals surface area contributed by atoms with Crippen LogP contribution in [0.3, 0.4) is 0 Å². The van der Waals surface area contributed by atoms with E-state index in [9.17, 15) is 4.48 Å². The Balaban J connectivity index is 1.89. The third kappa shape index (κ3) is 3.37. The minimum absolute atomic E-state index is 0.289. The van der Waals surface area contributed by atoms with Gasteiger partial charge < -0.3 is 0 Å². The number of benzene rings is 2. The quantitative estimate of drug-likeness (QED) is 0.786. The van der Waals surface area contributed by atoms with Gasteiger partial charge in [0.2, 0.25) is 0 Å². The molecule has 0 bridgehead atoms. The lowest BCUT2D eigenvalue weighted by Gasteiger charge is -2.39. The lowest BCUT2D eigenvalue weighted by atomic mass is 9.87. The van der Waals surface area contributed by atoms with E-state index in [4.69, 9.17) is 0 Å². The molecule has 1 saturated heterocycles. The number of hydrogen-bond donors (Lipinski definition) is 0. The van der Waals surface area contributed by atoms with Crippen molar-refractivity contribution in [3.63, 3.8) is 0 Å². The molecular formula is C19H23FN2. The fraction of sp³-hybridized carbons (Fsp3) is 0.368. The van der Waals surface area contributed by atoms with Gasteiger partial charge in [-0.05, 0) is 11.1 Å². The van der Waals surface area contributed by atoms with E-state index in [0.717, 1.165) is 18.2 Å². The fourth-order valence-corrected chi connectivity index (χ4v) is 3.38. The molecule has 1 aliphatic heterocycles. The summed E-state index contributed by atoms with van der Waals surface area (Å²) in [5.74, 6) is 0.370. The summed E-state index contributed by atoms with van der Waals surface area (Å²) in [7, 11) is 0. The van der Waals surface area contributed by atoms with Crippen LogP contribution in [0.4, 0.5) is 4.48 Å². The molecule has 0 N–H and O–H groups in total. The van der Waals surface area contributed by atoms with Crippen LogP contribution in [0.1, 0.15) is 30.0 Å². The van der Waals surface area contributed by atoms with Crippen molar-refractivity contribution in [2.75, 3.05) is 26.2 Å². The molecule has 2 aromatic rings. The van der Waals surface area contributed by atoms with Crippen molar-refractivity contribution < 1.29 is 4.48 Å². The smallest absolute Gasteiger partial charge is 0.0418 e. The zero-order valence-corrected chi connectivity index (χ0v) is 13.0. The first kappa shape index (κ1) is 15.2. The van der Waals surface area contributed by atoms with E-state index in [-0.39, 0.29) is 6.04 Å². The summed E-state index contributed by atoms with van der Waals surface area (Å²) in [6.07, 6.45) is 0. The van der Waals surface area contributed by atoms with E-state index in [0.29, 0.717) is 19.0 Å². The number of hydrogen-bond acceptors (Lipinski definition) is 2. The largest absolute Gasteiger partial charge is 0.293 e. The van der Waals surface area contributed by atoms with Crippen LogP contribution in [-0.4, -0.2) is 36.2 Å². The van der Waals surface area contributed by atoms with Gasteiger partial charge in [-0.2, -0.15) is 0 Å². The zero-order chi connectivity index (χ0) is 15.4.